The van der Waals surface area contributed by atoms with Crippen LogP contribution in [0.25, 0.3) is 0 Å². The monoisotopic (exact) mass is 180 g/mol. The zero-order chi connectivity index (χ0) is 7.91. The molecule has 0 aliphatic heterocycles. The van der Waals surface area contributed by atoms with Crippen molar-refractivity contribution in [3.8, 4) is 0 Å². The standard InChI is InChI=1S/C3H6O.Na.H2O4S.H/c1-2-3-4;;1-5(2,3)4;/h2,4H,1,3H2;;(H2,1,2,3,4);/q;+1;;-1. The van der Waals surface area contributed by atoms with Crippen molar-refractivity contribution in [1.82, 2.24) is 0 Å². The van der Waals surface area contributed by atoms with Crippen molar-refractivity contribution < 1.29 is 53.6 Å². The van der Waals surface area contributed by atoms with Gasteiger partial charge in [-0.25, -0.2) is 0 Å². The minimum atomic E-state index is -4.67. The van der Waals surface area contributed by atoms with Crippen molar-refractivity contribution in [2.24, 2.45) is 0 Å². The van der Waals surface area contributed by atoms with E-state index in [4.69, 9.17) is 22.6 Å². The summed E-state index contributed by atoms with van der Waals surface area (Å²) in [5.41, 5.74) is 0. The third-order valence-electron chi connectivity index (χ3n) is 0.129. The van der Waals surface area contributed by atoms with Crippen LogP contribution in [0.4, 0.5) is 0 Å². The predicted octanol–water partition coefficient (Wildman–Crippen LogP) is -3.37. The molecule has 7 heteroatoms. The Morgan fingerprint density at radius 3 is 1.60 bits per heavy atom. The SMILES string of the molecule is C=CCO.O=S(=O)(O)O.[H-].[Na+]. The van der Waals surface area contributed by atoms with Crippen molar-refractivity contribution in [2.45, 2.75) is 0 Å². The molecule has 0 unspecified atom stereocenters. The maximum Gasteiger partial charge on any atom is 1.00 e. The van der Waals surface area contributed by atoms with E-state index >= 15 is 0 Å². The molecule has 0 rings (SSSR count). The Morgan fingerprint density at radius 2 is 1.60 bits per heavy atom. The predicted molar refractivity (Wildman–Crippen MR) is 32.6 cm³/mol. The Bertz CT molecular complexity index is 147. The molecule has 0 aromatic carbocycles. The number of rotatable bonds is 1. The van der Waals surface area contributed by atoms with Crippen LogP contribution in [0.5, 0.6) is 0 Å². The molecule has 0 aliphatic rings. The smallest absolute Gasteiger partial charge is 1.00 e. The van der Waals surface area contributed by atoms with Crippen LogP contribution in [0.15, 0.2) is 12.7 Å². The quantitative estimate of drug-likeness (QED) is 0.222. The molecule has 0 saturated carbocycles. The Morgan fingerprint density at radius 1 is 1.50 bits per heavy atom. The first-order chi connectivity index (χ1) is 3.91. The van der Waals surface area contributed by atoms with Crippen molar-refractivity contribution >= 4 is 10.4 Å². The Hall–Kier alpha value is 0.570. The van der Waals surface area contributed by atoms with Crippen LogP contribution in [-0.4, -0.2) is 29.2 Å². The fourth-order valence-corrected chi connectivity index (χ4v) is 0. The Labute approximate surface area is 83.1 Å². The second-order valence-electron chi connectivity index (χ2n) is 0.919. The molecule has 0 aliphatic carbocycles. The van der Waals surface area contributed by atoms with E-state index in [1.165, 1.54) is 6.08 Å². The van der Waals surface area contributed by atoms with Crippen LogP contribution in [0.1, 0.15) is 1.43 Å². The first-order valence-corrected chi connectivity index (χ1v) is 3.23. The van der Waals surface area contributed by atoms with Crippen molar-refractivity contribution in [3.05, 3.63) is 12.7 Å². The molecular formula is C3H9NaO5S. The van der Waals surface area contributed by atoms with Gasteiger partial charge >= 0.3 is 40.0 Å². The number of hydrogen-bond acceptors (Lipinski definition) is 3. The molecule has 0 amide bonds. The van der Waals surface area contributed by atoms with Gasteiger partial charge in [0.25, 0.3) is 0 Å². The van der Waals surface area contributed by atoms with Gasteiger partial charge in [0, 0.05) is 0 Å². The number of aliphatic hydroxyl groups excluding tert-OH is 1. The van der Waals surface area contributed by atoms with Gasteiger partial charge in [-0.1, -0.05) is 6.08 Å². The third kappa shape index (κ3) is 199. The summed E-state index contributed by atoms with van der Waals surface area (Å²) < 4.78 is 31.6. The van der Waals surface area contributed by atoms with Crippen LogP contribution >= 0.6 is 0 Å². The van der Waals surface area contributed by atoms with Crippen molar-refractivity contribution in [1.29, 1.82) is 0 Å². The van der Waals surface area contributed by atoms with E-state index < -0.39 is 10.4 Å². The summed E-state index contributed by atoms with van der Waals surface area (Å²) in [5.74, 6) is 0. The van der Waals surface area contributed by atoms with Crippen molar-refractivity contribution in [2.75, 3.05) is 6.61 Å². The minimum Gasteiger partial charge on any atom is -1.00 e. The molecule has 58 valence electrons. The van der Waals surface area contributed by atoms with Gasteiger partial charge in [0.05, 0.1) is 6.61 Å². The second-order valence-corrected chi connectivity index (χ2v) is 1.81. The summed E-state index contributed by atoms with van der Waals surface area (Å²) in [7, 11) is -4.67. The largest absolute Gasteiger partial charge is 1.00 e. The first kappa shape index (κ1) is 16.9. The van der Waals surface area contributed by atoms with Crippen LogP contribution in [-0.2, 0) is 10.4 Å². The molecule has 0 bridgehead atoms. The Balaban J connectivity index is -0.0000000383. The summed E-state index contributed by atoms with van der Waals surface area (Å²) in [6.07, 6.45) is 1.43. The first-order valence-electron chi connectivity index (χ1n) is 1.83. The fourth-order valence-electron chi connectivity index (χ4n) is 0. The topological polar surface area (TPSA) is 94.8 Å². The summed E-state index contributed by atoms with van der Waals surface area (Å²) in [6, 6.07) is 0. The number of aliphatic hydroxyl groups is 1. The molecule has 0 aromatic heterocycles. The fraction of sp³-hybridized carbons (Fsp3) is 0.333. The summed E-state index contributed by atoms with van der Waals surface area (Å²) in [5, 5.41) is 7.76. The van der Waals surface area contributed by atoms with E-state index in [1.807, 2.05) is 0 Å². The molecule has 0 atom stereocenters. The molecular weight excluding hydrogens is 171 g/mol. The molecule has 0 saturated heterocycles. The van der Waals surface area contributed by atoms with E-state index in [0.717, 1.165) is 0 Å². The molecule has 0 aromatic rings. The summed E-state index contributed by atoms with van der Waals surface area (Å²) >= 11 is 0. The van der Waals surface area contributed by atoms with Gasteiger partial charge in [0.2, 0.25) is 0 Å². The van der Waals surface area contributed by atoms with Crippen LogP contribution in [0.3, 0.4) is 0 Å². The van der Waals surface area contributed by atoms with Gasteiger partial charge in [0.15, 0.2) is 0 Å². The van der Waals surface area contributed by atoms with E-state index in [9.17, 15) is 0 Å². The summed E-state index contributed by atoms with van der Waals surface area (Å²) in [4.78, 5) is 0. The zero-order valence-electron chi connectivity index (χ0n) is 6.56. The molecule has 10 heavy (non-hydrogen) atoms. The Kier molecular flexibility index (Phi) is 16.2. The van der Waals surface area contributed by atoms with Gasteiger partial charge in [-0.05, 0) is 0 Å². The average Bonchev–Trinajstić information content (AvgIpc) is 1.61. The average molecular weight is 180 g/mol. The van der Waals surface area contributed by atoms with Crippen LogP contribution < -0.4 is 29.6 Å². The van der Waals surface area contributed by atoms with E-state index in [1.54, 1.807) is 0 Å². The molecule has 0 fully saturated rings. The number of hydrogen-bond donors (Lipinski definition) is 3. The van der Waals surface area contributed by atoms with Gasteiger partial charge < -0.3 is 6.53 Å². The van der Waals surface area contributed by atoms with Gasteiger partial charge in [0.1, 0.15) is 0 Å². The summed E-state index contributed by atoms with van der Waals surface area (Å²) in [6.45, 7) is 3.31. The van der Waals surface area contributed by atoms with Crippen molar-refractivity contribution in [3.63, 3.8) is 0 Å². The maximum absolute atomic E-state index is 8.74. The molecule has 3 N–H and O–H groups in total. The van der Waals surface area contributed by atoms with Crippen LogP contribution in [0, 0.1) is 0 Å². The molecule has 0 spiro atoms. The van der Waals surface area contributed by atoms with Gasteiger partial charge in [-0.2, -0.15) is 8.42 Å². The van der Waals surface area contributed by atoms with Gasteiger partial charge in [-0.3, -0.25) is 9.11 Å². The molecule has 0 radical (unpaired) electrons. The molecule has 0 heterocycles. The zero-order valence-corrected chi connectivity index (χ0v) is 8.37. The second kappa shape index (κ2) is 9.57. The maximum atomic E-state index is 8.74. The van der Waals surface area contributed by atoms with E-state index in [2.05, 4.69) is 6.58 Å². The van der Waals surface area contributed by atoms with Gasteiger partial charge in [-0.15, -0.1) is 6.58 Å². The normalized spacial score (nSPS) is 8.30. The molecule has 5 nitrogen and oxygen atoms in total. The van der Waals surface area contributed by atoms with E-state index in [-0.39, 0.29) is 37.6 Å². The third-order valence-corrected chi connectivity index (χ3v) is 0.129. The van der Waals surface area contributed by atoms with Crippen LogP contribution in [0.2, 0.25) is 0 Å². The minimum absolute atomic E-state index is 0. The van der Waals surface area contributed by atoms with E-state index in [0.29, 0.717) is 0 Å².